The van der Waals surface area contributed by atoms with Crippen molar-refractivity contribution in [3.8, 4) is 0 Å². The maximum absolute atomic E-state index is 5.45. The van der Waals surface area contributed by atoms with Crippen LogP contribution in [-0.2, 0) is 27.3 Å². The smallest absolute Gasteiger partial charge is 0.0936 e. The number of benzene rings is 1. The van der Waals surface area contributed by atoms with Gasteiger partial charge in [0.2, 0.25) is 0 Å². The summed E-state index contributed by atoms with van der Waals surface area (Å²) in [4.78, 5) is 5.02. The van der Waals surface area contributed by atoms with Gasteiger partial charge < -0.3 is 19.5 Å². The fourth-order valence-electron chi connectivity index (χ4n) is 3.66. The van der Waals surface area contributed by atoms with Crippen LogP contribution in [0.15, 0.2) is 24.3 Å². The molecule has 142 valence electrons. The van der Waals surface area contributed by atoms with Gasteiger partial charge in [-0.05, 0) is 11.1 Å². The molecule has 1 aromatic carbocycles. The Morgan fingerprint density at radius 1 is 0.808 bits per heavy atom. The summed E-state index contributed by atoms with van der Waals surface area (Å²) >= 11 is 0. The molecule has 4 aliphatic rings. The van der Waals surface area contributed by atoms with E-state index in [-0.39, 0.29) is 0 Å². The van der Waals surface area contributed by atoms with E-state index in [2.05, 4.69) is 39.4 Å². The molecule has 0 aromatic heterocycles. The van der Waals surface area contributed by atoms with E-state index in [4.69, 9.17) is 14.2 Å². The number of ether oxygens (including phenoxy) is 3. The zero-order valence-corrected chi connectivity index (χ0v) is 15.3. The summed E-state index contributed by atoms with van der Waals surface area (Å²) in [5.74, 6) is 0. The van der Waals surface area contributed by atoms with E-state index < -0.39 is 0 Å². The molecule has 4 unspecified atom stereocenters. The van der Waals surface area contributed by atoms with Crippen molar-refractivity contribution in [2.75, 3.05) is 52.5 Å². The minimum atomic E-state index is 0.428. The number of nitrogens with one attached hydrogen (secondary N) is 1. The highest BCUT2D eigenvalue weighted by atomic mass is 16.6. The normalized spacial score (nSPS) is 31.5. The van der Waals surface area contributed by atoms with Crippen molar-refractivity contribution in [1.29, 1.82) is 0 Å². The molecule has 4 saturated heterocycles. The third-order valence-electron chi connectivity index (χ3n) is 5.37. The second kappa shape index (κ2) is 7.54. The lowest BCUT2D eigenvalue weighted by Gasteiger charge is -2.23. The Bertz CT molecular complexity index is 535. The molecular weight excluding hydrogens is 330 g/mol. The number of nitrogens with zero attached hydrogens (tertiary/aromatic N) is 2. The molecule has 0 spiro atoms. The molecule has 0 aliphatic carbocycles. The van der Waals surface area contributed by atoms with Crippen LogP contribution in [0.1, 0.15) is 11.1 Å². The summed E-state index contributed by atoms with van der Waals surface area (Å²) in [6.45, 7) is 10.1. The third kappa shape index (κ3) is 5.49. The molecule has 5 rings (SSSR count). The quantitative estimate of drug-likeness (QED) is 0.547. The molecule has 1 aromatic rings. The minimum absolute atomic E-state index is 0.428. The summed E-state index contributed by atoms with van der Waals surface area (Å²) in [6, 6.07) is 9.74. The van der Waals surface area contributed by atoms with E-state index in [1.807, 2.05) is 0 Å². The Balaban J connectivity index is 1.20. The highest BCUT2D eigenvalue weighted by Gasteiger charge is 2.31. The SMILES string of the molecule is c1cc(CN(CC2CN2)CC2CO2)cc(CN(CC2CO2)CC2CO2)c1. The van der Waals surface area contributed by atoms with Crippen LogP contribution in [0.4, 0.5) is 0 Å². The zero-order valence-electron chi connectivity index (χ0n) is 15.3. The Hall–Kier alpha value is -1.02. The van der Waals surface area contributed by atoms with Crippen LogP contribution in [0.25, 0.3) is 0 Å². The van der Waals surface area contributed by atoms with Crippen LogP contribution in [0.2, 0.25) is 0 Å². The van der Waals surface area contributed by atoms with Crippen molar-refractivity contribution < 1.29 is 14.2 Å². The van der Waals surface area contributed by atoms with E-state index in [0.29, 0.717) is 24.4 Å². The first-order valence-electron chi connectivity index (χ1n) is 9.91. The monoisotopic (exact) mass is 359 g/mol. The molecule has 0 radical (unpaired) electrons. The lowest BCUT2D eigenvalue weighted by atomic mass is 10.1. The standard InChI is InChI=1S/C20H29N3O3/c1-2-15(6-22(8-17-5-21-17)9-18-12-24-18)4-16(3-1)7-23(10-19-13-25-19)11-20-14-26-20/h1-4,17-21H,5-14H2. The van der Waals surface area contributed by atoms with E-state index in [1.165, 1.54) is 11.1 Å². The van der Waals surface area contributed by atoms with Crippen molar-refractivity contribution in [3.63, 3.8) is 0 Å². The summed E-state index contributed by atoms with van der Waals surface area (Å²) in [5.41, 5.74) is 2.78. The fourth-order valence-corrected chi connectivity index (χ4v) is 3.66. The number of rotatable bonds is 12. The van der Waals surface area contributed by atoms with Crippen LogP contribution in [0.3, 0.4) is 0 Å². The van der Waals surface area contributed by atoms with Gasteiger partial charge in [-0.1, -0.05) is 24.3 Å². The van der Waals surface area contributed by atoms with Crippen molar-refractivity contribution in [3.05, 3.63) is 35.4 Å². The van der Waals surface area contributed by atoms with E-state index in [9.17, 15) is 0 Å². The second-order valence-electron chi connectivity index (χ2n) is 8.18. The Morgan fingerprint density at radius 3 is 1.69 bits per heavy atom. The maximum Gasteiger partial charge on any atom is 0.0936 e. The average molecular weight is 359 g/mol. The summed E-state index contributed by atoms with van der Waals surface area (Å²) in [5, 5.41) is 3.42. The zero-order chi connectivity index (χ0) is 17.3. The van der Waals surface area contributed by atoms with Gasteiger partial charge in [-0.3, -0.25) is 9.80 Å². The topological polar surface area (TPSA) is 66.0 Å². The molecule has 6 heteroatoms. The van der Waals surface area contributed by atoms with Gasteiger partial charge in [0.25, 0.3) is 0 Å². The highest BCUT2D eigenvalue weighted by molar-refractivity contribution is 5.23. The largest absolute Gasteiger partial charge is 0.372 e. The number of epoxide rings is 3. The van der Waals surface area contributed by atoms with Gasteiger partial charge >= 0.3 is 0 Å². The molecule has 26 heavy (non-hydrogen) atoms. The number of hydrogen-bond donors (Lipinski definition) is 1. The highest BCUT2D eigenvalue weighted by Crippen LogP contribution is 2.20. The Morgan fingerprint density at radius 2 is 1.27 bits per heavy atom. The Kier molecular flexibility index (Phi) is 4.96. The first-order valence-corrected chi connectivity index (χ1v) is 9.91. The molecule has 4 aliphatic heterocycles. The molecule has 1 N–H and O–H groups in total. The van der Waals surface area contributed by atoms with Gasteiger partial charge in [0.1, 0.15) is 0 Å². The first kappa shape index (κ1) is 17.1. The molecule has 0 saturated carbocycles. The Labute approximate surface area is 155 Å². The van der Waals surface area contributed by atoms with Gasteiger partial charge in [0.05, 0.1) is 38.1 Å². The van der Waals surface area contributed by atoms with Gasteiger partial charge in [0, 0.05) is 51.9 Å². The second-order valence-corrected chi connectivity index (χ2v) is 8.18. The molecular formula is C20H29N3O3. The van der Waals surface area contributed by atoms with Gasteiger partial charge in [-0.25, -0.2) is 0 Å². The van der Waals surface area contributed by atoms with Crippen molar-refractivity contribution in [2.45, 2.75) is 37.4 Å². The van der Waals surface area contributed by atoms with Gasteiger partial charge in [-0.15, -0.1) is 0 Å². The summed E-state index contributed by atoms with van der Waals surface area (Å²) in [7, 11) is 0. The van der Waals surface area contributed by atoms with E-state index >= 15 is 0 Å². The molecule has 0 bridgehead atoms. The average Bonchev–Trinajstić information content (AvgIpc) is 3.40. The van der Waals surface area contributed by atoms with Gasteiger partial charge in [-0.2, -0.15) is 0 Å². The molecule has 4 heterocycles. The summed E-state index contributed by atoms with van der Waals surface area (Å²) < 4.78 is 16.3. The fraction of sp³-hybridized carbons (Fsp3) is 0.700. The molecule has 4 fully saturated rings. The van der Waals surface area contributed by atoms with E-state index in [1.54, 1.807) is 0 Å². The number of hydrogen-bond acceptors (Lipinski definition) is 6. The van der Waals surface area contributed by atoms with Crippen LogP contribution >= 0.6 is 0 Å². The van der Waals surface area contributed by atoms with Gasteiger partial charge in [0.15, 0.2) is 0 Å². The van der Waals surface area contributed by atoms with Crippen LogP contribution in [0, 0.1) is 0 Å². The molecule has 0 amide bonds. The molecule has 4 atom stereocenters. The van der Waals surface area contributed by atoms with Crippen molar-refractivity contribution in [2.24, 2.45) is 0 Å². The third-order valence-corrected chi connectivity index (χ3v) is 5.37. The predicted molar refractivity (Wildman–Crippen MR) is 98.0 cm³/mol. The van der Waals surface area contributed by atoms with Crippen molar-refractivity contribution >= 4 is 0 Å². The first-order chi connectivity index (χ1) is 12.8. The lowest BCUT2D eigenvalue weighted by molar-refractivity contribution is 0.212. The van der Waals surface area contributed by atoms with Crippen LogP contribution in [-0.4, -0.2) is 86.7 Å². The van der Waals surface area contributed by atoms with Crippen LogP contribution in [0.5, 0.6) is 0 Å². The maximum atomic E-state index is 5.45. The predicted octanol–water partition coefficient (Wildman–Crippen LogP) is 0.459. The lowest BCUT2D eigenvalue weighted by Crippen LogP contribution is -2.32. The molecule has 6 nitrogen and oxygen atoms in total. The minimum Gasteiger partial charge on any atom is -0.372 e. The van der Waals surface area contributed by atoms with Crippen molar-refractivity contribution in [1.82, 2.24) is 15.1 Å². The van der Waals surface area contributed by atoms with E-state index in [0.717, 1.165) is 65.6 Å². The van der Waals surface area contributed by atoms with Crippen LogP contribution < -0.4 is 5.32 Å². The summed E-state index contributed by atoms with van der Waals surface area (Å²) in [6.07, 6.45) is 1.30.